The second-order valence-electron chi connectivity index (χ2n) is 8.84. The summed E-state index contributed by atoms with van der Waals surface area (Å²) in [5.74, 6) is -0.0509. The molecule has 1 aromatic carbocycles. The second kappa shape index (κ2) is 8.17. The quantitative estimate of drug-likeness (QED) is 0.801. The molecule has 4 heterocycles. The van der Waals surface area contributed by atoms with Crippen LogP contribution in [0.4, 0.5) is 10.5 Å². The van der Waals surface area contributed by atoms with E-state index in [4.69, 9.17) is 0 Å². The summed E-state index contributed by atoms with van der Waals surface area (Å²) in [5.41, 5.74) is 1.14. The molecule has 0 spiro atoms. The van der Waals surface area contributed by atoms with Crippen molar-refractivity contribution in [3.05, 3.63) is 30.3 Å². The van der Waals surface area contributed by atoms with E-state index in [-0.39, 0.29) is 30.4 Å². The van der Waals surface area contributed by atoms with Crippen LogP contribution in [-0.4, -0.2) is 96.4 Å². The van der Waals surface area contributed by atoms with Crippen molar-refractivity contribution in [1.82, 2.24) is 24.9 Å². The summed E-state index contributed by atoms with van der Waals surface area (Å²) in [4.78, 5) is 36.7. The van der Waals surface area contributed by atoms with Gasteiger partial charge < -0.3 is 14.7 Å². The van der Waals surface area contributed by atoms with Crippen molar-refractivity contribution >= 4 is 17.6 Å². The van der Waals surface area contributed by atoms with Gasteiger partial charge in [-0.05, 0) is 44.5 Å². The van der Waals surface area contributed by atoms with Gasteiger partial charge in [-0.3, -0.25) is 19.9 Å². The number of anilines is 1. The number of imide groups is 1. The minimum atomic E-state index is -0.328. The summed E-state index contributed by atoms with van der Waals surface area (Å²) < 4.78 is 0. The van der Waals surface area contributed by atoms with Gasteiger partial charge in [-0.25, -0.2) is 4.79 Å². The fourth-order valence-electron chi connectivity index (χ4n) is 5.43. The Hall–Kier alpha value is -2.16. The summed E-state index contributed by atoms with van der Waals surface area (Å²) in [7, 11) is 1.82. The number of nitrogens with one attached hydrogen (secondary N) is 1. The smallest absolute Gasteiger partial charge is 0.327 e. The van der Waals surface area contributed by atoms with Crippen molar-refractivity contribution in [2.45, 2.75) is 44.2 Å². The van der Waals surface area contributed by atoms with Gasteiger partial charge in [0, 0.05) is 38.9 Å². The Morgan fingerprint density at radius 2 is 1.70 bits per heavy atom. The first-order chi connectivity index (χ1) is 14.6. The summed E-state index contributed by atoms with van der Waals surface area (Å²) in [6.45, 7) is 5.18. The zero-order valence-electron chi connectivity index (χ0n) is 17.7. The molecule has 3 unspecified atom stereocenters. The maximum absolute atomic E-state index is 13.5. The Labute approximate surface area is 178 Å². The van der Waals surface area contributed by atoms with Crippen LogP contribution in [0.25, 0.3) is 0 Å². The lowest BCUT2D eigenvalue weighted by molar-refractivity contribution is -0.138. The van der Waals surface area contributed by atoms with E-state index in [0.717, 1.165) is 44.8 Å². The van der Waals surface area contributed by atoms with Gasteiger partial charge in [0.15, 0.2) is 0 Å². The number of fused-ring (bicyclic) bond motifs is 3. The number of likely N-dealkylation sites (N-methyl/N-ethyl adjacent to an activating group) is 1. The molecule has 1 N–H and O–H groups in total. The molecule has 30 heavy (non-hydrogen) atoms. The number of rotatable bonds is 4. The van der Waals surface area contributed by atoms with Crippen molar-refractivity contribution in [1.29, 1.82) is 0 Å². The number of urea groups is 1. The van der Waals surface area contributed by atoms with Gasteiger partial charge >= 0.3 is 6.03 Å². The Bertz CT molecular complexity index is 783. The van der Waals surface area contributed by atoms with E-state index in [9.17, 15) is 9.59 Å². The predicted octanol–water partition coefficient (Wildman–Crippen LogP) is 1.16. The molecule has 3 amide bonds. The SMILES string of the molecule is CN1C(=O)N(CCN2CCCCC2)C(=O)C2C1NC1N(c3ccccc3)CCCN21. The number of hydrogen-bond donors (Lipinski definition) is 1. The highest BCUT2D eigenvalue weighted by atomic mass is 16.2. The van der Waals surface area contributed by atoms with Crippen molar-refractivity contribution in [3.63, 3.8) is 0 Å². The molecule has 4 saturated heterocycles. The van der Waals surface area contributed by atoms with E-state index in [1.165, 1.54) is 24.2 Å². The number of piperidine rings is 1. The molecule has 5 rings (SSSR count). The number of carbonyl (C=O) groups excluding carboxylic acids is 2. The Kier molecular flexibility index (Phi) is 5.39. The first-order valence-electron chi connectivity index (χ1n) is 11.3. The van der Waals surface area contributed by atoms with E-state index in [2.05, 4.69) is 32.1 Å². The van der Waals surface area contributed by atoms with Gasteiger partial charge in [-0.15, -0.1) is 0 Å². The van der Waals surface area contributed by atoms with E-state index in [0.29, 0.717) is 6.54 Å². The Balaban J connectivity index is 1.34. The molecule has 8 nitrogen and oxygen atoms in total. The first-order valence-corrected chi connectivity index (χ1v) is 11.3. The van der Waals surface area contributed by atoms with Crippen LogP contribution in [0.15, 0.2) is 30.3 Å². The summed E-state index contributed by atoms with van der Waals surface area (Å²) in [5, 5.41) is 3.58. The molecule has 0 saturated carbocycles. The minimum Gasteiger partial charge on any atom is -0.343 e. The van der Waals surface area contributed by atoms with Crippen LogP contribution in [0.5, 0.6) is 0 Å². The van der Waals surface area contributed by atoms with Gasteiger partial charge in [0.2, 0.25) is 0 Å². The molecular weight excluding hydrogens is 380 g/mol. The van der Waals surface area contributed by atoms with Gasteiger partial charge in [-0.2, -0.15) is 0 Å². The van der Waals surface area contributed by atoms with Crippen molar-refractivity contribution in [2.24, 2.45) is 0 Å². The standard InChI is InChI=1S/C22H32N6O2/c1-24-19-18(20(29)28(22(24)30)16-15-25-11-6-3-7-12-25)27-14-8-13-26(21(27)23-19)17-9-4-2-5-10-17/h2,4-5,9-10,18-19,21,23H,3,6-8,11-16H2,1H3. The molecule has 0 radical (unpaired) electrons. The minimum absolute atomic E-state index is 0.0509. The molecule has 0 aliphatic carbocycles. The third-order valence-corrected chi connectivity index (χ3v) is 7.05. The average molecular weight is 413 g/mol. The van der Waals surface area contributed by atoms with Gasteiger partial charge in [0.25, 0.3) is 5.91 Å². The molecule has 4 fully saturated rings. The van der Waals surface area contributed by atoms with Gasteiger partial charge in [0.1, 0.15) is 18.5 Å². The lowest BCUT2D eigenvalue weighted by Gasteiger charge is -2.44. The monoisotopic (exact) mass is 412 g/mol. The third kappa shape index (κ3) is 3.36. The van der Waals surface area contributed by atoms with Crippen LogP contribution >= 0.6 is 0 Å². The molecule has 1 aromatic rings. The summed E-state index contributed by atoms with van der Waals surface area (Å²) in [6, 6.07) is 9.80. The predicted molar refractivity (Wildman–Crippen MR) is 115 cm³/mol. The summed E-state index contributed by atoms with van der Waals surface area (Å²) in [6.07, 6.45) is 4.34. The number of amides is 3. The van der Waals surface area contributed by atoms with E-state index in [1.807, 2.05) is 25.2 Å². The van der Waals surface area contributed by atoms with Crippen molar-refractivity contribution in [3.8, 4) is 0 Å². The van der Waals surface area contributed by atoms with Crippen molar-refractivity contribution in [2.75, 3.05) is 51.2 Å². The topological polar surface area (TPSA) is 62.4 Å². The summed E-state index contributed by atoms with van der Waals surface area (Å²) >= 11 is 0. The lowest BCUT2D eigenvalue weighted by atomic mass is 10.1. The fraction of sp³-hybridized carbons (Fsp3) is 0.636. The van der Waals surface area contributed by atoms with Gasteiger partial charge in [-0.1, -0.05) is 24.6 Å². The molecule has 4 aliphatic heterocycles. The molecular formula is C22H32N6O2. The van der Waals surface area contributed by atoms with Crippen LogP contribution < -0.4 is 10.2 Å². The molecule has 0 aromatic heterocycles. The highest BCUT2D eigenvalue weighted by Gasteiger charge is 2.55. The average Bonchev–Trinajstić information content (AvgIpc) is 3.19. The molecule has 162 valence electrons. The molecule has 3 atom stereocenters. The van der Waals surface area contributed by atoms with Crippen LogP contribution in [0.3, 0.4) is 0 Å². The lowest BCUT2D eigenvalue weighted by Crippen LogP contribution is -2.67. The normalized spacial score (nSPS) is 30.6. The molecule has 0 bridgehead atoms. The van der Waals surface area contributed by atoms with Crippen LogP contribution in [-0.2, 0) is 4.79 Å². The van der Waals surface area contributed by atoms with Crippen LogP contribution in [0.1, 0.15) is 25.7 Å². The Morgan fingerprint density at radius 1 is 0.933 bits per heavy atom. The number of para-hydroxylation sites is 1. The van der Waals surface area contributed by atoms with Crippen LogP contribution in [0, 0.1) is 0 Å². The maximum atomic E-state index is 13.5. The number of nitrogens with zero attached hydrogens (tertiary/aromatic N) is 5. The zero-order chi connectivity index (χ0) is 20.7. The first kappa shape index (κ1) is 19.8. The van der Waals surface area contributed by atoms with E-state index < -0.39 is 0 Å². The second-order valence-corrected chi connectivity index (χ2v) is 8.84. The number of likely N-dealkylation sites (tertiary alicyclic amines) is 1. The number of hydrogen-bond acceptors (Lipinski definition) is 6. The third-order valence-electron chi connectivity index (χ3n) is 7.05. The van der Waals surface area contributed by atoms with E-state index >= 15 is 0 Å². The molecule has 4 aliphatic rings. The van der Waals surface area contributed by atoms with Crippen LogP contribution in [0.2, 0.25) is 0 Å². The van der Waals surface area contributed by atoms with Crippen molar-refractivity contribution < 1.29 is 9.59 Å². The highest BCUT2D eigenvalue weighted by molar-refractivity contribution is 6.00. The fourth-order valence-corrected chi connectivity index (χ4v) is 5.43. The highest BCUT2D eigenvalue weighted by Crippen LogP contribution is 2.32. The zero-order valence-corrected chi connectivity index (χ0v) is 17.7. The largest absolute Gasteiger partial charge is 0.343 e. The maximum Gasteiger partial charge on any atom is 0.327 e. The van der Waals surface area contributed by atoms with E-state index in [1.54, 1.807) is 4.90 Å². The number of benzene rings is 1. The number of carbonyl (C=O) groups is 2. The Morgan fingerprint density at radius 3 is 2.47 bits per heavy atom. The van der Waals surface area contributed by atoms with Gasteiger partial charge in [0.05, 0.1) is 0 Å². The molecule has 8 heteroatoms.